The van der Waals surface area contributed by atoms with E-state index in [1.807, 2.05) is 0 Å². The molecule has 2 aromatic rings. The van der Waals surface area contributed by atoms with Crippen LogP contribution in [0.2, 0.25) is 10.0 Å². The molecule has 1 aliphatic rings. The maximum Gasteiger partial charge on any atom is 0.323 e. The fourth-order valence-corrected chi connectivity index (χ4v) is 2.64. The summed E-state index contributed by atoms with van der Waals surface area (Å²) in [6, 6.07) is 8.68. The first kappa shape index (κ1) is 14.9. The van der Waals surface area contributed by atoms with E-state index in [0.29, 0.717) is 34.7 Å². The molecule has 0 atom stereocenters. The van der Waals surface area contributed by atoms with Crippen molar-refractivity contribution in [3.8, 4) is 5.75 Å². The Labute approximate surface area is 137 Å². The van der Waals surface area contributed by atoms with E-state index < -0.39 is 0 Å². The second-order valence-corrected chi connectivity index (χ2v) is 5.54. The number of hydrogen-bond acceptors (Lipinski definition) is 3. The van der Waals surface area contributed by atoms with Gasteiger partial charge in [0.15, 0.2) is 0 Å². The molecule has 1 fully saturated rings. The zero-order valence-electron chi connectivity index (χ0n) is 11.6. The second kappa shape index (κ2) is 6.42. The van der Waals surface area contributed by atoms with Crippen LogP contribution in [0.15, 0.2) is 36.5 Å². The highest BCUT2D eigenvalue weighted by atomic mass is 35.5. The molecule has 0 radical (unpaired) electrons. The Morgan fingerprint density at radius 1 is 1.23 bits per heavy atom. The number of benzene rings is 1. The lowest BCUT2D eigenvalue weighted by molar-refractivity contribution is 0.252. The van der Waals surface area contributed by atoms with Crippen molar-refractivity contribution in [1.82, 2.24) is 10.3 Å². The van der Waals surface area contributed by atoms with Crippen molar-refractivity contribution >= 4 is 35.1 Å². The topological polar surface area (TPSA) is 54.5 Å². The average Bonchev–Trinajstić information content (AvgIpc) is 2.93. The van der Waals surface area contributed by atoms with Crippen LogP contribution in [-0.2, 0) is 6.61 Å². The van der Waals surface area contributed by atoms with Gasteiger partial charge in [0.25, 0.3) is 0 Å². The van der Waals surface area contributed by atoms with Gasteiger partial charge in [-0.2, -0.15) is 0 Å². The van der Waals surface area contributed by atoms with Crippen LogP contribution in [0.3, 0.4) is 0 Å². The first-order chi connectivity index (χ1) is 10.6. The number of carbonyl (C=O) groups is 1. The van der Waals surface area contributed by atoms with E-state index in [-0.39, 0.29) is 12.6 Å². The number of hydrogen-bond donors (Lipinski definition) is 1. The largest absolute Gasteiger partial charge is 0.487 e. The number of ether oxygens (including phenoxy) is 1. The predicted octanol–water partition coefficient (Wildman–Crippen LogP) is 3.50. The highest BCUT2D eigenvalue weighted by molar-refractivity contribution is 6.35. The van der Waals surface area contributed by atoms with Crippen molar-refractivity contribution in [1.29, 1.82) is 0 Å². The van der Waals surface area contributed by atoms with Crippen molar-refractivity contribution < 1.29 is 9.53 Å². The van der Waals surface area contributed by atoms with Gasteiger partial charge in [0, 0.05) is 28.7 Å². The van der Waals surface area contributed by atoms with Crippen LogP contribution in [0, 0.1) is 0 Å². The van der Waals surface area contributed by atoms with Gasteiger partial charge < -0.3 is 10.1 Å². The predicted molar refractivity (Wildman–Crippen MR) is 85.8 cm³/mol. The Bertz CT molecular complexity index is 671. The zero-order valence-corrected chi connectivity index (χ0v) is 13.1. The first-order valence-electron chi connectivity index (χ1n) is 6.72. The number of anilines is 1. The lowest BCUT2D eigenvalue weighted by Gasteiger charge is -2.14. The number of nitrogens with one attached hydrogen (secondary N) is 1. The third kappa shape index (κ3) is 3.10. The Hall–Kier alpha value is -1.98. The molecule has 114 valence electrons. The van der Waals surface area contributed by atoms with E-state index in [0.717, 1.165) is 5.56 Å². The molecule has 1 aromatic carbocycles. The molecule has 7 heteroatoms. The lowest BCUT2D eigenvalue weighted by Crippen LogP contribution is -2.28. The van der Waals surface area contributed by atoms with Gasteiger partial charge in [-0.1, -0.05) is 29.3 Å². The third-order valence-electron chi connectivity index (χ3n) is 3.30. The van der Waals surface area contributed by atoms with E-state index in [1.165, 1.54) is 0 Å². The number of halogens is 2. The molecule has 2 heterocycles. The zero-order chi connectivity index (χ0) is 15.5. The Morgan fingerprint density at radius 2 is 2.00 bits per heavy atom. The molecule has 2 amide bonds. The van der Waals surface area contributed by atoms with Crippen LogP contribution >= 0.6 is 23.2 Å². The minimum Gasteiger partial charge on any atom is -0.487 e. The van der Waals surface area contributed by atoms with E-state index in [1.54, 1.807) is 41.4 Å². The van der Waals surface area contributed by atoms with E-state index in [2.05, 4.69) is 10.3 Å². The summed E-state index contributed by atoms with van der Waals surface area (Å²) in [7, 11) is 0. The number of amides is 2. The molecule has 1 aromatic heterocycles. The molecule has 22 heavy (non-hydrogen) atoms. The van der Waals surface area contributed by atoms with E-state index in [4.69, 9.17) is 27.9 Å². The SMILES string of the molecule is O=C1NCCN1c1ccc(OCc2c(Cl)cccc2Cl)cn1. The molecule has 3 rings (SSSR count). The van der Waals surface area contributed by atoms with Gasteiger partial charge in [-0.25, -0.2) is 9.78 Å². The summed E-state index contributed by atoms with van der Waals surface area (Å²) in [6.07, 6.45) is 1.58. The molecule has 1 N–H and O–H groups in total. The van der Waals surface area contributed by atoms with Crippen LogP contribution in [0.25, 0.3) is 0 Å². The summed E-state index contributed by atoms with van der Waals surface area (Å²) in [6.45, 7) is 1.49. The molecule has 0 spiro atoms. The van der Waals surface area contributed by atoms with Crippen LogP contribution in [-0.4, -0.2) is 24.1 Å². The van der Waals surface area contributed by atoms with Gasteiger partial charge in [-0.05, 0) is 24.3 Å². The average molecular weight is 338 g/mol. The molecule has 0 unspecified atom stereocenters. The number of nitrogens with zero attached hydrogens (tertiary/aromatic N) is 2. The molecule has 0 saturated carbocycles. The number of aromatic nitrogens is 1. The summed E-state index contributed by atoms with van der Waals surface area (Å²) >= 11 is 12.2. The molecule has 0 bridgehead atoms. The summed E-state index contributed by atoms with van der Waals surface area (Å²) < 4.78 is 5.65. The maximum atomic E-state index is 11.6. The summed E-state index contributed by atoms with van der Waals surface area (Å²) in [5.74, 6) is 1.18. The molecule has 5 nitrogen and oxygen atoms in total. The number of carbonyl (C=O) groups excluding carboxylic acids is 1. The smallest absolute Gasteiger partial charge is 0.323 e. The molecule has 1 aliphatic heterocycles. The number of urea groups is 1. The second-order valence-electron chi connectivity index (χ2n) is 4.72. The minimum absolute atomic E-state index is 0.135. The summed E-state index contributed by atoms with van der Waals surface area (Å²) in [5.41, 5.74) is 0.730. The monoisotopic (exact) mass is 337 g/mol. The van der Waals surface area contributed by atoms with Gasteiger partial charge in [0.05, 0.1) is 6.20 Å². The van der Waals surface area contributed by atoms with Crippen molar-refractivity contribution in [2.45, 2.75) is 6.61 Å². The van der Waals surface area contributed by atoms with Gasteiger partial charge in [0.2, 0.25) is 0 Å². The normalized spacial score (nSPS) is 14.1. The molecule has 0 aliphatic carbocycles. The first-order valence-corrected chi connectivity index (χ1v) is 7.48. The van der Waals surface area contributed by atoms with Crippen LogP contribution in [0.5, 0.6) is 5.75 Å². The molecular weight excluding hydrogens is 325 g/mol. The van der Waals surface area contributed by atoms with Crippen molar-refractivity contribution in [3.63, 3.8) is 0 Å². The molecular formula is C15H13Cl2N3O2. The van der Waals surface area contributed by atoms with Crippen molar-refractivity contribution in [2.75, 3.05) is 18.0 Å². The lowest BCUT2D eigenvalue weighted by atomic mass is 10.2. The van der Waals surface area contributed by atoms with E-state index in [9.17, 15) is 4.79 Å². The number of pyridine rings is 1. The Balaban J connectivity index is 1.68. The van der Waals surface area contributed by atoms with Gasteiger partial charge in [0.1, 0.15) is 18.2 Å². The minimum atomic E-state index is -0.135. The summed E-state index contributed by atoms with van der Waals surface area (Å²) in [4.78, 5) is 17.4. The van der Waals surface area contributed by atoms with Crippen LogP contribution < -0.4 is 15.0 Å². The fraction of sp³-hybridized carbons (Fsp3) is 0.200. The standard InChI is InChI=1S/C15H13Cl2N3O2/c16-12-2-1-3-13(17)11(12)9-22-10-4-5-14(19-8-10)20-7-6-18-15(20)21/h1-5,8H,6-7,9H2,(H,18,21). The highest BCUT2D eigenvalue weighted by Gasteiger charge is 2.21. The summed E-state index contributed by atoms with van der Waals surface area (Å²) in [5, 5.41) is 3.85. The maximum absolute atomic E-state index is 11.6. The van der Waals surface area contributed by atoms with Crippen molar-refractivity contribution in [2.24, 2.45) is 0 Å². The van der Waals surface area contributed by atoms with E-state index >= 15 is 0 Å². The van der Waals surface area contributed by atoms with Crippen LogP contribution in [0.1, 0.15) is 5.56 Å². The van der Waals surface area contributed by atoms with Gasteiger partial charge >= 0.3 is 6.03 Å². The van der Waals surface area contributed by atoms with Crippen molar-refractivity contribution in [3.05, 3.63) is 52.1 Å². The Morgan fingerprint density at radius 3 is 2.59 bits per heavy atom. The highest BCUT2D eigenvalue weighted by Crippen LogP contribution is 2.26. The van der Waals surface area contributed by atoms with Gasteiger partial charge in [-0.15, -0.1) is 0 Å². The third-order valence-corrected chi connectivity index (χ3v) is 4.01. The number of rotatable bonds is 4. The quantitative estimate of drug-likeness (QED) is 0.928. The Kier molecular flexibility index (Phi) is 4.36. The van der Waals surface area contributed by atoms with Crippen LogP contribution in [0.4, 0.5) is 10.6 Å². The fourth-order valence-electron chi connectivity index (χ4n) is 2.13. The molecule has 1 saturated heterocycles. The van der Waals surface area contributed by atoms with Gasteiger partial charge in [-0.3, -0.25) is 4.90 Å².